The number of hydrogen-bond acceptors (Lipinski definition) is 4. The Labute approximate surface area is 186 Å². The Kier molecular flexibility index (Phi) is 8.07. The maximum atomic E-state index is 13.2. The topological polar surface area (TPSA) is 64.2 Å². The maximum absolute atomic E-state index is 13.2. The number of amides is 3. The SMILES string of the molecule is CCN(CC)C(=O)CN1CCCN(C(=O)CC2c3ccccc3CCN2C(C)=O)CC1. The van der Waals surface area contributed by atoms with Crippen LogP contribution in [-0.4, -0.2) is 89.7 Å². The van der Waals surface area contributed by atoms with Gasteiger partial charge >= 0.3 is 0 Å². The Balaban J connectivity index is 1.63. The lowest BCUT2D eigenvalue weighted by Crippen LogP contribution is -2.43. The Morgan fingerprint density at radius 3 is 2.45 bits per heavy atom. The first-order valence-corrected chi connectivity index (χ1v) is 11.6. The average Bonchev–Trinajstić information content (AvgIpc) is 3.00. The normalized spacial score (nSPS) is 19.5. The third-order valence-electron chi connectivity index (χ3n) is 6.60. The number of nitrogens with zero attached hydrogens (tertiary/aromatic N) is 4. The summed E-state index contributed by atoms with van der Waals surface area (Å²) in [6, 6.07) is 7.95. The largest absolute Gasteiger partial charge is 0.342 e. The van der Waals surface area contributed by atoms with Crippen molar-refractivity contribution in [3.63, 3.8) is 0 Å². The summed E-state index contributed by atoms with van der Waals surface area (Å²) in [6.45, 7) is 11.0. The van der Waals surface area contributed by atoms with Crippen LogP contribution in [0.2, 0.25) is 0 Å². The van der Waals surface area contributed by atoms with E-state index in [1.807, 2.05) is 46.7 Å². The van der Waals surface area contributed by atoms with Crippen LogP contribution in [-0.2, 0) is 20.8 Å². The first-order valence-electron chi connectivity index (χ1n) is 11.6. The van der Waals surface area contributed by atoms with Gasteiger partial charge in [-0.2, -0.15) is 0 Å². The molecule has 2 aliphatic heterocycles. The lowest BCUT2D eigenvalue weighted by molar-refractivity contribution is -0.136. The molecule has 0 bridgehead atoms. The molecule has 0 radical (unpaired) electrons. The molecule has 2 heterocycles. The molecular formula is C24H36N4O3. The van der Waals surface area contributed by atoms with Gasteiger partial charge in [-0.05, 0) is 37.8 Å². The van der Waals surface area contributed by atoms with Crippen molar-refractivity contribution in [2.24, 2.45) is 0 Å². The van der Waals surface area contributed by atoms with Gasteiger partial charge in [0, 0.05) is 52.7 Å². The number of carbonyl (C=O) groups excluding carboxylic acids is 3. The molecule has 1 aromatic rings. The van der Waals surface area contributed by atoms with Gasteiger partial charge < -0.3 is 14.7 Å². The van der Waals surface area contributed by atoms with Gasteiger partial charge in [-0.3, -0.25) is 19.3 Å². The van der Waals surface area contributed by atoms with Crippen molar-refractivity contribution >= 4 is 17.7 Å². The van der Waals surface area contributed by atoms with Crippen molar-refractivity contribution in [1.29, 1.82) is 0 Å². The third kappa shape index (κ3) is 5.64. The van der Waals surface area contributed by atoms with E-state index in [1.165, 1.54) is 5.56 Å². The highest BCUT2D eigenvalue weighted by molar-refractivity contribution is 5.80. The van der Waals surface area contributed by atoms with Crippen LogP contribution in [0.4, 0.5) is 0 Å². The van der Waals surface area contributed by atoms with E-state index >= 15 is 0 Å². The summed E-state index contributed by atoms with van der Waals surface area (Å²) in [6.07, 6.45) is 2.00. The zero-order chi connectivity index (χ0) is 22.4. The second kappa shape index (κ2) is 10.8. The highest BCUT2D eigenvalue weighted by Crippen LogP contribution is 2.32. The van der Waals surface area contributed by atoms with Crippen molar-refractivity contribution in [2.45, 2.75) is 46.1 Å². The van der Waals surface area contributed by atoms with E-state index in [4.69, 9.17) is 0 Å². The highest BCUT2D eigenvalue weighted by atomic mass is 16.2. The highest BCUT2D eigenvalue weighted by Gasteiger charge is 2.32. The molecule has 0 aromatic heterocycles. The number of rotatable bonds is 6. The zero-order valence-corrected chi connectivity index (χ0v) is 19.2. The summed E-state index contributed by atoms with van der Waals surface area (Å²) in [5.74, 6) is 0.259. The molecule has 1 fully saturated rings. The molecule has 0 spiro atoms. The van der Waals surface area contributed by atoms with Crippen molar-refractivity contribution in [3.05, 3.63) is 35.4 Å². The van der Waals surface area contributed by atoms with Crippen LogP contribution >= 0.6 is 0 Å². The van der Waals surface area contributed by atoms with Crippen LogP contribution in [0.1, 0.15) is 50.8 Å². The molecule has 0 aliphatic carbocycles. The van der Waals surface area contributed by atoms with E-state index in [0.29, 0.717) is 39.1 Å². The van der Waals surface area contributed by atoms with Gasteiger partial charge in [0.15, 0.2) is 0 Å². The number of fused-ring (bicyclic) bond motifs is 1. The molecule has 31 heavy (non-hydrogen) atoms. The first kappa shape index (κ1) is 23.3. The lowest BCUT2D eigenvalue weighted by Gasteiger charge is -2.37. The second-order valence-corrected chi connectivity index (χ2v) is 8.46. The van der Waals surface area contributed by atoms with Gasteiger partial charge in [0.1, 0.15) is 0 Å². The van der Waals surface area contributed by atoms with E-state index in [1.54, 1.807) is 6.92 Å². The van der Waals surface area contributed by atoms with Crippen LogP contribution in [0, 0.1) is 0 Å². The summed E-state index contributed by atoms with van der Waals surface area (Å²) >= 11 is 0. The predicted molar refractivity (Wildman–Crippen MR) is 120 cm³/mol. The smallest absolute Gasteiger partial charge is 0.236 e. The molecule has 1 unspecified atom stereocenters. The average molecular weight is 429 g/mol. The molecule has 3 amide bonds. The summed E-state index contributed by atoms with van der Waals surface area (Å²) in [5.41, 5.74) is 2.33. The molecule has 1 saturated heterocycles. The molecule has 1 aromatic carbocycles. The predicted octanol–water partition coefficient (Wildman–Crippen LogP) is 1.93. The minimum atomic E-state index is -0.196. The van der Waals surface area contributed by atoms with Gasteiger partial charge in [-0.25, -0.2) is 0 Å². The van der Waals surface area contributed by atoms with E-state index in [-0.39, 0.29) is 23.8 Å². The fourth-order valence-electron chi connectivity index (χ4n) is 4.79. The Morgan fingerprint density at radius 1 is 1.00 bits per heavy atom. The van der Waals surface area contributed by atoms with E-state index in [0.717, 1.165) is 38.0 Å². The molecule has 170 valence electrons. The fraction of sp³-hybridized carbons (Fsp3) is 0.625. The van der Waals surface area contributed by atoms with Gasteiger partial charge in [-0.15, -0.1) is 0 Å². The Bertz CT molecular complexity index is 793. The molecule has 0 saturated carbocycles. The van der Waals surface area contributed by atoms with Crippen molar-refractivity contribution < 1.29 is 14.4 Å². The molecule has 7 heteroatoms. The number of hydrogen-bond donors (Lipinski definition) is 0. The fourth-order valence-corrected chi connectivity index (χ4v) is 4.79. The van der Waals surface area contributed by atoms with Crippen LogP contribution in [0.15, 0.2) is 24.3 Å². The standard InChI is InChI=1S/C24H36N4O3/c1-4-26(5-2)24(31)18-25-12-8-13-27(16-15-25)23(30)17-22-21-10-7-6-9-20(21)11-14-28(22)19(3)29/h6-7,9-10,22H,4-5,8,11-18H2,1-3H3. The summed E-state index contributed by atoms with van der Waals surface area (Å²) in [5, 5.41) is 0. The summed E-state index contributed by atoms with van der Waals surface area (Å²) < 4.78 is 0. The maximum Gasteiger partial charge on any atom is 0.236 e. The van der Waals surface area contributed by atoms with E-state index < -0.39 is 0 Å². The number of benzene rings is 1. The van der Waals surface area contributed by atoms with Crippen molar-refractivity contribution in [2.75, 3.05) is 52.4 Å². The monoisotopic (exact) mass is 428 g/mol. The minimum absolute atomic E-state index is 0.0178. The first-order chi connectivity index (χ1) is 14.9. The molecular weight excluding hydrogens is 392 g/mol. The zero-order valence-electron chi connectivity index (χ0n) is 19.2. The van der Waals surface area contributed by atoms with Crippen molar-refractivity contribution in [3.8, 4) is 0 Å². The molecule has 0 N–H and O–H groups in total. The Hall–Kier alpha value is -2.41. The molecule has 7 nitrogen and oxygen atoms in total. The summed E-state index contributed by atoms with van der Waals surface area (Å²) in [7, 11) is 0. The van der Waals surface area contributed by atoms with Crippen LogP contribution < -0.4 is 0 Å². The van der Waals surface area contributed by atoms with Crippen LogP contribution in [0.3, 0.4) is 0 Å². The minimum Gasteiger partial charge on any atom is -0.342 e. The quantitative estimate of drug-likeness (QED) is 0.695. The van der Waals surface area contributed by atoms with E-state index in [2.05, 4.69) is 11.0 Å². The number of likely N-dealkylation sites (N-methyl/N-ethyl adjacent to an activating group) is 1. The van der Waals surface area contributed by atoms with Gasteiger partial charge in [0.05, 0.1) is 19.0 Å². The van der Waals surface area contributed by atoms with E-state index in [9.17, 15) is 14.4 Å². The van der Waals surface area contributed by atoms with Gasteiger partial charge in [0.25, 0.3) is 0 Å². The third-order valence-corrected chi connectivity index (χ3v) is 6.60. The van der Waals surface area contributed by atoms with Crippen LogP contribution in [0.25, 0.3) is 0 Å². The number of carbonyl (C=O) groups is 3. The molecule has 1 atom stereocenters. The van der Waals surface area contributed by atoms with Crippen molar-refractivity contribution in [1.82, 2.24) is 19.6 Å². The summed E-state index contributed by atoms with van der Waals surface area (Å²) in [4.78, 5) is 45.7. The van der Waals surface area contributed by atoms with Gasteiger partial charge in [-0.1, -0.05) is 24.3 Å². The lowest BCUT2D eigenvalue weighted by atomic mass is 9.90. The molecule has 3 rings (SSSR count). The van der Waals surface area contributed by atoms with Crippen LogP contribution in [0.5, 0.6) is 0 Å². The van der Waals surface area contributed by atoms with Gasteiger partial charge in [0.2, 0.25) is 17.7 Å². The molecule has 2 aliphatic rings. The second-order valence-electron chi connectivity index (χ2n) is 8.46. The Morgan fingerprint density at radius 2 is 1.74 bits per heavy atom.